The summed E-state index contributed by atoms with van der Waals surface area (Å²) in [7, 11) is 0. The maximum absolute atomic E-state index is 12.7. The Morgan fingerprint density at radius 2 is 1.48 bits per heavy atom. The van der Waals surface area contributed by atoms with Gasteiger partial charge in [-0.3, -0.25) is 19.4 Å². The first-order valence-corrected chi connectivity index (χ1v) is 9.60. The van der Waals surface area contributed by atoms with Crippen LogP contribution in [0.2, 0.25) is 0 Å². The Kier molecular flexibility index (Phi) is 4.74. The minimum atomic E-state index is -4.35. The molecule has 27 heavy (non-hydrogen) atoms. The molecule has 2 unspecified atom stereocenters. The Hall–Kier alpha value is -1.89. The summed E-state index contributed by atoms with van der Waals surface area (Å²) in [4.78, 5) is 28.8. The van der Waals surface area contributed by atoms with Gasteiger partial charge in [-0.05, 0) is 43.4 Å². The van der Waals surface area contributed by atoms with Crippen LogP contribution in [0.4, 0.5) is 13.2 Å². The summed E-state index contributed by atoms with van der Waals surface area (Å²) in [5.74, 6) is -0.470. The number of halogens is 3. The third-order valence-electron chi connectivity index (χ3n) is 5.99. The van der Waals surface area contributed by atoms with Gasteiger partial charge in [0.25, 0.3) is 0 Å². The number of benzene rings is 1. The number of hydrogen-bond donors (Lipinski definition) is 0. The van der Waals surface area contributed by atoms with E-state index in [2.05, 4.69) is 4.90 Å². The van der Waals surface area contributed by atoms with Gasteiger partial charge < -0.3 is 0 Å². The molecule has 3 fully saturated rings. The summed E-state index contributed by atoms with van der Waals surface area (Å²) >= 11 is 0. The highest BCUT2D eigenvalue weighted by molar-refractivity contribution is 6.05. The lowest BCUT2D eigenvalue weighted by Crippen LogP contribution is -2.42. The molecule has 7 heteroatoms. The zero-order valence-electron chi connectivity index (χ0n) is 15.0. The molecule has 0 aromatic heterocycles. The van der Waals surface area contributed by atoms with Crippen molar-refractivity contribution >= 4 is 11.8 Å². The van der Waals surface area contributed by atoms with Crippen molar-refractivity contribution in [2.24, 2.45) is 11.8 Å². The number of fused-ring (bicyclic) bond motifs is 1. The van der Waals surface area contributed by atoms with Crippen molar-refractivity contribution in [2.45, 2.75) is 57.3 Å². The number of amides is 2. The van der Waals surface area contributed by atoms with Gasteiger partial charge in [-0.1, -0.05) is 25.0 Å². The van der Waals surface area contributed by atoms with Crippen molar-refractivity contribution in [1.29, 1.82) is 0 Å². The number of alkyl halides is 3. The number of carbonyl (C=O) groups excluding carboxylic acids is 2. The average molecular weight is 380 g/mol. The Bertz CT molecular complexity index is 704. The largest absolute Gasteiger partial charge is 0.416 e. The van der Waals surface area contributed by atoms with E-state index < -0.39 is 11.7 Å². The smallest absolute Gasteiger partial charge is 0.278 e. The van der Waals surface area contributed by atoms with Crippen molar-refractivity contribution in [1.82, 2.24) is 9.80 Å². The molecule has 2 atom stereocenters. The van der Waals surface area contributed by atoms with E-state index in [1.54, 1.807) is 0 Å². The standard InChI is InChI=1S/C20H23F3N2O2/c21-20(22,23)14-7-5-13(6-8-14)11-24(15-9-10-15)12-25-18(26)16-3-1-2-4-17(16)19(25)27/h5-8,15-17H,1-4,9-12H2. The fourth-order valence-corrected chi connectivity index (χ4v) is 4.32. The average Bonchev–Trinajstić information content (AvgIpc) is 3.45. The molecule has 0 N–H and O–H groups in total. The topological polar surface area (TPSA) is 40.6 Å². The normalized spacial score (nSPS) is 26.0. The molecule has 1 saturated heterocycles. The number of nitrogens with zero attached hydrogens (tertiary/aromatic N) is 2. The van der Waals surface area contributed by atoms with E-state index in [1.165, 1.54) is 17.0 Å². The van der Waals surface area contributed by atoms with Gasteiger partial charge in [0.2, 0.25) is 11.8 Å². The van der Waals surface area contributed by atoms with E-state index >= 15 is 0 Å². The molecule has 2 aliphatic carbocycles. The highest BCUT2D eigenvalue weighted by Gasteiger charge is 2.49. The lowest BCUT2D eigenvalue weighted by Gasteiger charge is -2.27. The van der Waals surface area contributed by atoms with E-state index in [-0.39, 0.29) is 36.4 Å². The number of rotatable bonds is 5. The minimum Gasteiger partial charge on any atom is -0.278 e. The van der Waals surface area contributed by atoms with Crippen molar-refractivity contribution in [3.63, 3.8) is 0 Å². The van der Waals surface area contributed by atoms with Gasteiger partial charge in [-0.15, -0.1) is 0 Å². The van der Waals surface area contributed by atoms with Crippen LogP contribution in [0, 0.1) is 11.8 Å². The zero-order valence-corrected chi connectivity index (χ0v) is 15.0. The van der Waals surface area contributed by atoms with E-state index in [0.29, 0.717) is 6.54 Å². The van der Waals surface area contributed by atoms with E-state index in [1.807, 2.05) is 0 Å². The zero-order chi connectivity index (χ0) is 19.2. The summed E-state index contributed by atoms with van der Waals surface area (Å²) in [6.07, 6.45) is 1.19. The van der Waals surface area contributed by atoms with Gasteiger partial charge in [0.15, 0.2) is 0 Å². The molecule has 3 aliphatic rings. The summed E-state index contributed by atoms with van der Waals surface area (Å²) < 4.78 is 38.2. The number of hydrogen-bond acceptors (Lipinski definition) is 3. The highest BCUT2D eigenvalue weighted by Crippen LogP contribution is 2.39. The van der Waals surface area contributed by atoms with Crippen molar-refractivity contribution < 1.29 is 22.8 Å². The molecule has 1 heterocycles. The fraction of sp³-hybridized carbons (Fsp3) is 0.600. The SMILES string of the molecule is O=C1C2CCCCC2C(=O)N1CN(Cc1ccc(C(F)(F)F)cc1)C1CC1. The maximum atomic E-state index is 12.7. The lowest BCUT2D eigenvalue weighted by molar-refractivity contribution is -0.143. The fourth-order valence-electron chi connectivity index (χ4n) is 4.32. The molecule has 1 aromatic carbocycles. The van der Waals surface area contributed by atoms with Crippen LogP contribution in [0.15, 0.2) is 24.3 Å². The first-order valence-electron chi connectivity index (χ1n) is 9.60. The molecule has 0 bridgehead atoms. The Morgan fingerprint density at radius 3 is 1.96 bits per heavy atom. The van der Waals surface area contributed by atoms with Crippen LogP contribution in [0.5, 0.6) is 0 Å². The van der Waals surface area contributed by atoms with Crippen LogP contribution in [-0.2, 0) is 22.3 Å². The van der Waals surface area contributed by atoms with Crippen LogP contribution >= 0.6 is 0 Å². The summed E-state index contributed by atoms with van der Waals surface area (Å²) in [6, 6.07) is 5.41. The second-order valence-corrected chi connectivity index (χ2v) is 7.92. The maximum Gasteiger partial charge on any atom is 0.416 e. The first kappa shape index (κ1) is 18.5. The Morgan fingerprint density at radius 1 is 0.926 bits per heavy atom. The van der Waals surface area contributed by atoms with Gasteiger partial charge in [-0.2, -0.15) is 13.2 Å². The third kappa shape index (κ3) is 3.74. The van der Waals surface area contributed by atoms with Gasteiger partial charge in [-0.25, -0.2) is 0 Å². The monoisotopic (exact) mass is 380 g/mol. The van der Waals surface area contributed by atoms with Crippen molar-refractivity contribution in [3.8, 4) is 0 Å². The third-order valence-corrected chi connectivity index (χ3v) is 5.99. The molecule has 1 aliphatic heterocycles. The summed E-state index contributed by atoms with van der Waals surface area (Å²) in [6.45, 7) is 0.686. The molecule has 146 valence electrons. The van der Waals surface area contributed by atoms with Gasteiger partial charge in [0.05, 0.1) is 24.1 Å². The first-order chi connectivity index (χ1) is 12.8. The number of carbonyl (C=O) groups is 2. The number of imide groups is 1. The molecule has 0 radical (unpaired) electrons. The highest BCUT2D eigenvalue weighted by atomic mass is 19.4. The second kappa shape index (κ2) is 6.93. The predicted octanol–water partition coefficient (Wildman–Crippen LogP) is 3.80. The molecule has 2 saturated carbocycles. The van der Waals surface area contributed by atoms with Crippen LogP contribution in [0.1, 0.15) is 49.7 Å². The molecular formula is C20H23F3N2O2. The quantitative estimate of drug-likeness (QED) is 0.730. The van der Waals surface area contributed by atoms with Gasteiger partial charge in [0.1, 0.15) is 0 Å². The predicted molar refractivity (Wildman–Crippen MR) is 92.2 cm³/mol. The minimum absolute atomic E-state index is 0.0669. The molecular weight excluding hydrogens is 357 g/mol. The van der Waals surface area contributed by atoms with Crippen LogP contribution < -0.4 is 0 Å². The Labute approximate surface area is 156 Å². The number of likely N-dealkylation sites (tertiary alicyclic amines) is 1. The molecule has 4 rings (SSSR count). The molecule has 0 spiro atoms. The second-order valence-electron chi connectivity index (χ2n) is 7.92. The van der Waals surface area contributed by atoms with E-state index in [4.69, 9.17) is 0 Å². The lowest BCUT2D eigenvalue weighted by atomic mass is 9.81. The van der Waals surface area contributed by atoms with Crippen molar-refractivity contribution in [2.75, 3.05) is 6.67 Å². The molecule has 2 amide bonds. The van der Waals surface area contributed by atoms with Gasteiger partial charge >= 0.3 is 6.18 Å². The van der Waals surface area contributed by atoms with Crippen molar-refractivity contribution in [3.05, 3.63) is 35.4 Å². The van der Waals surface area contributed by atoms with Crippen LogP contribution in [0.3, 0.4) is 0 Å². The molecule has 4 nitrogen and oxygen atoms in total. The van der Waals surface area contributed by atoms with E-state index in [9.17, 15) is 22.8 Å². The Balaban J connectivity index is 1.46. The van der Waals surface area contributed by atoms with Crippen LogP contribution in [-0.4, -0.2) is 34.3 Å². The molecule has 1 aromatic rings. The summed E-state index contributed by atoms with van der Waals surface area (Å²) in [5, 5.41) is 0. The van der Waals surface area contributed by atoms with E-state index in [0.717, 1.165) is 56.2 Å². The summed E-state index contributed by atoms with van der Waals surface area (Å²) in [5.41, 5.74) is 0.0876. The van der Waals surface area contributed by atoms with Crippen LogP contribution in [0.25, 0.3) is 0 Å². The van der Waals surface area contributed by atoms with Gasteiger partial charge in [0, 0.05) is 12.6 Å².